The maximum absolute atomic E-state index is 11.9. The fourth-order valence-corrected chi connectivity index (χ4v) is 1.78. The molecular weight excluding hydrogens is 190 g/mol. The third-order valence-electron chi connectivity index (χ3n) is 2.67. The average molecular weight is 205 g/mol. The van der Waals surface area contributed by atoms with Gasteiger partial charge in [-0.2, -0.15) is 0 Å². The number of ketones is 1. The summed E-state index contributed by atoms with van der Waals surface area (Å²) < 4.78 is 5.44. The Morgan fingerprint density at radius 2 is 2.00 bits per heavy atom. The maximum Gasteiger partial charge on any atom is 0.191 e. The molecule has 1 unspecified atom stereocenters. The van der Waals surface area contributed by atoms with E-state index in [9.17, 15) is 4.79 Å². The number of hydrogen-bond acceptors (Lipinski definition) is 3. The van der Waals surface area contributed by atoms with Crippen molar-refractivity contribution >= 4 is 11.5 Å². The summed E-state index contributed by atoms with van der Waals surface area (Å²) in [7, 11) is 0. The summed E-state index contributed by atoms with van der Waals surface area (Å²) in [5.74, 6) is 0.0784. The monoisotopic (exact) mass is 205 g/mol. The molecule has 0 spiro atoms. The molecule has 2 N–H and O–H groups in total. The van der Waals surface area contributed by atoms with E-state index in [1.54, 1.807) is 24.3 Å². The Morgan fingerprint density at radius 3 is 2.60 bits per heavy atom. The largest absolute Gasteiger partial charge is 0.399 e. The molecule has 1 aromatic rings. The standard InChI is InChI=1S/C12H15NO2/c13-10-6-4-9(5-7-10)12(14)11-3-1-2-8-15-11/h4-7,11H,1-3,8,13H2. The predicted molar refractivity (Wildman–Crippen MR) is 58.8 cm³/mol. The highest BCUT2D eigenvalue weighted by Gasteiger charge is 2.22. The van der Waals surface area contributed by atoms with Crippen molar-refractivity contribution in [2.75, 3.05) is 12.3 Å². The third kappa shape index (κ3) is 2.36. The molecule has 0 radical (unpaired) electrons. The van der Waals surface area contributed by atoms with Gasteiger partial charge in [0.2, 0.25) is 0 Å². The van der Waals surface area contributed by atoms with Gasteiger partial charge in [-0.25, -0.2) is 0 Å². The van der Waals surface area contributed by atoms with Gasteiger partial charge in [0.15, 0.2) is 5.78 Å². The molecule has 1 atom stereocenters. The number of carbonyl (C=O) groups excluding carboxylic acids is 1. The lowest BCUT2D eigenvalue weighted by atomic mass is 10.00. The molecule has 1 aliphatic rings. The third-order valence-corrected chi connectivity index (χ3v) is 2.67. The molecule has 0 saturated carbocycles. The second kappa shape index (κ2) is 4.45. The lowest BCUT2D eigenvalue weighted by Crippen LogP contribution is -2.28. The van der Waals surface area contributed by atoms with Gasteiger partial charge in [0.05, 0.1) is 0 Å². The summed E-state index contributed by atoms with van der Waals surface area (Å²) >= 11 is 0. The first kappa shape index (κ1) is 10.2. The number of hydrogen-bond donors (Lipinski definition) is 1. The second-order valence-corrected chi connectivity index (χ2v) is 3.84. The van der Waals surface area contributed by atoms with Crippen molar-refractivity contribution in [2.45, 2.75) is 25.4 Å². The van der Waals surface area contributed by atoms with E-state index in [4.69, 9.17) is 10.5 Å². The fraction of sp³-hybridized carbons (Fsp3) is 0.417. The number of carbonyl (C=O) groups is 1. The smallest absolute Gasteiger partial charge is 0.191 e. The van der Waals surface area contributed by atoms with Crippen LogP contribution in [-0.2, 0) is 4.74 Å². The zero-order valence-corrected chi connectivity index (χ0v) is 8.61. The Balaban J connectivity index is 2.09. The first-order valence-electron chi connectivity index (χ1n) is 5.29. The van der Waals surface area contributed by atoms with Crippen LogP contribution in [0.2, 0.25) is 0 Å². The minimum atomic E-state index is -0.248. The van der Waals surface area contributed by atoms with Gasteiger partial charge in [-0.1, -0.05) is 0 Å². The Hall–Kier alpha value is -1.35. The normalized spacial score (nSPS) is 21.2. The van der Waals surface area contributed by atoms with E-state index in [2.05, 4.69) is 0 Å². The van der Waals surface area contributed by atoms with Crippen LogP contribution >= 0.6 is 0 Å². The molecule has 1 aliphatic heterocycles. The van der Waals surface area contributed by atoms with Gasteiger partial charge >= 0.3 is 0 Å². The quantitative estimate of drug-likeness (QED) is 0.593. The van der Waals surface area contributed by atoms with Gasteiger partial charge in [-0.05, 0) is 43.5 Å². The Labute approximate surface area is 89.2 Å². The van der Waals surface area contributed by atoms with Gasteiger partial charge in [0.25, 0.3) is 0 Å². The molecule has 0 aliphatic carbocycles. The molecule has 0 bridgehead atoms. The Morgan fingerprint density at radius 1 is 1.27 bits per heavy atom. The van der Waals surface area contributed by atoms with E-state index >= 15 is 0 Å². The van der Waals surface area contributed by atoms with Crippen LogP contribution in [-0.4, -0.2) is 18.5 Å². The lowest BCUT2D eigenvalue weighted by molar-refractivity contribution is 0.0186. The van der Waals surface area contributed by atoms with Crippen LogP contribution in [0, 0.1) is 0 Å². The molecule has 0 aromatic heterocycles. The van der Waals surface area contributed by atoms with Gasteiger partial charge in [0.1, 0.15) is 6.10 Å². The summed E-state index contributed by atoms with van der Waals surface area (Å²) in [6, 6.07) is 7.01. The van der Waals surface area contributed by atoms with Gasteiger partial charge in [-0.3, -0.25) is 4.79 Å². The summed E-state index contributed by atoms with van der Waals surface area (Å²) in [5.41, 5.74) is 6.93. The summed E-state index contributed by atoms with van der Waals surface area (Å²) in [6.07, 6.45) is 2.72. The molecule has 1 saturated heterocycles. The zero-order valence-electron chi connectivity index (χ0n) is 8.61. The van der Waals surface area contributed by atoms with E-state index in [1.165, 1.54) is 0 Å². The van der Waals surface area contributed by atoms with Crippen molar-refractivity contribution in [2.24, 2.45) is 0 Å². The molecule has 1 fully saturated rings. The van der Waals surface area contributed by atoms with Crippen molar-refractivity contribution in [3.05, 3.63) is 29.8 Å². The van der Waals surface area contributed by atoms with Crippen LogP contribution < -0.4 is 5.73 Å². The molecule has 1 aromatic carbocycles. The van der Waals surface area contributed by atoms with Gasteiger partial charge in [-0.15, -0.1) is 0 Å². The Kier molecular flexibility index (Phi) is 3.02. The summed E-state index contributed by atoms with van der Waals surface area (Å²) in [4.78, 5) is 11.9. The highest BCUT2D eigenvalue weighted by molar-refractivity contribution is 5.99. The van der Waals surface area contributed by atoms with Crippen LogP contribution in [0.15, 0.2) is 24.3 Å². The molecule has 80 valence electrons. The number of nitrogen functional groups attached to an aromatic ring is 1. The van der Waals surface area contributed by atoms with E-state index in [0.29, 0.717) is 17.9 Å². The van der Waals surface area contributed by atoms with E-state index in [1.807, 2.05) is 0 Å². The number of ether oxygens (including phenoxy) is 1. The second-order valence-electron chi connectivity index (χ2n) is 3.84. The molecule has 3 heteroatoms. The van der Waals surface area contributed by atoms with E-state index in [0.717, 1.165) is 19.3 Å². The summed E-state index contributed by atoms with van der Waals surface area (Å²) in [6.45, 7) is 0.700. The van der Waals surface area contributed by atoms with Crippen molar-refractivity contribution in [3.63, 3.8) is 0 Å². The molecule has 2 rings (SSSR count). The number of nitrogens with two attached hydrogens (primary N) is 1. The topological polar surface area (TPSA) is 52.3 Å². The number of anilines is 1. The number of rotatable bonds is 2. The summed E-state index contributed by atoms with van der Waals surface area (Å²) in [5, 5.41) is 0. The van der Waals surface area contributed by atoms with Crippen LogP contribution in [0.25, 0.3) is 0 Å². The highest BCUT2D eigenvalue weighted by atomic mass is 16.5. The molecule has 15 heavy (non-hydrogen) atoms. The van der Waals surface area contributed by atoms with Gasteiger partial charge in [0, 0.05) is 17.9 Å². The van der Waals surface area contributed by atoms with E-state index < -0.39 is 0 Å². The van der Waals surface area contributed by atoms with Crippen molar-refractivity contribution < 1.29 is 9.53 Å². The molecular formula is C12H15NO2. The number of benzene rings is 1. The van der Waals surface area contributed by atoms with E-state index in [-0.39, 0.29) is 11.9 Å². The first-order valence-corrected chi connectivity index (χ1v) is 5.29. The van der Waals surface area contributed by atoms with Crippen molar-refractivity contribution in [1.29, 1.82) is 0 Å². The fourth-order valence-electron chi connectivity index (χ4n) is 1.78. The Bertz CT molecular complexity index is 339. The molecule has 1 heterocycles. The highest BCUT2D eigenvalue weighted by Crippen LogP contribution is 2.18. The lowest BCUT2D eigenvalue weighted by Gasteiger charge is -2.21. The SMILES string of the molecule is Nc1ccc(C(=O)C2CCCCO2)cc1. The van der Waals surface area contributed by atoms with Crippen LogP contribution in [0.1, 0.15) is 29.6 Å². The van der Waals surface area contributed by atoms with Crippen LogP contribution in [0.5, 0.6) is 0 Å². The van der Waals surface area contributed by atoms with Crippen molar-refractivity contribution in [1.82, 2.24) is 0 Å². The molecule has 0 amide bonds. The van der Waals surface area contributed by atoms with Crippen LogP contribution in [0.3, 0.4) is 0 Å². The zero-order chi connectivity index (χ0) is 10.7. The predicted octanol–water partition coefficient (Wildman–Crippen LogP) is 2.02. The average Bonchev–Trinajstić information content (AvgIpc) is 2.30. The van der Waals surface area contributed by atoms with Crippen LogP contribution in [0.4, 0.5) is 5.69 Å². The number of Topliss-reactive ketones (excluding diaryl/α,β-unsaturated/α-hetero) is 1. The minimum absolute atomic E-state index is 0.0784. The molecule has 3 nitrogen and oxygen atoms in total. The minimum Gasteiger partial charge on any atom is -0.399 e. The van der Waals surface area contributed by atoms with Crippen molar-refractivity contribution in [3.8, 4) is 0 Å². The van der Waals surface area contributed by atoms with Gasteiger partial charge < -0.3 is 10.5 Å². The first-order chi connectivity index (χ1) is 7.27. The maximum atomic E-state index is 11.9.